The third-order valence-electron chi connectivity index (χ3n) is 2.65. The first-order chi connectivity index (χ1) is 7.18. The number of aliphatic imine (C=N–C) groups is 1. The van der Waals surface area contributed by atoms with Crippen molar-refractivity contribution in [3.05, 3.63) is 12.2 Å². The van der Waals surface area contributed by atoms with Crippen molar-refractivity contribution in [2.24, 2.45) is 16.5 Å². The molecule has 1 rings (SSSR count). The zero-order valence-electron chi connectivity index (χ0n) is 9.65. The van der Waals surface area contributed by atoms with Crippen molar-refractivity contribution in [1.82, 2.24) is 0 Å². The second kappa shape index (κ2) is 6.62. The minimum absolute atomic E-state index is 0.254. The molecule has 1 aliphatic heterocycles. The van der Waals surface area contributed by atoms with Crippen molar-refractivity contribution in [2.45, 2.75) is 57.5 Å². The molecule has 0 saturated heterocycles. The van der Waals surface area contributed by atoms with Crippen molar-refractivity contribution in [3.8, 4) is 0 Å². The molecule has 2 unspecified atom stereocenters. The summed E-state index contributed by atoms with van der Waals surface area (Å²) < 4.78 is 0. The van der Waals surface area contributed by atoms with Gasteiger partial charge in [-0.25, -0.2) is 0 Å². The zero-order valence-corrected chi connectivity index (χ0v) is 9.65. The molecule has 3 heteroatoms. The summed E-state index contributed by atoms with van der Waals surface area (Å²) in [7, 11) is 0. The van der Waals surface area contributed by atoms with Gasteiger partial charge in [0, 0.05) is 12.5 Å². The minimum atomic E-state index is 0.254. The molecular weight excluding hydrogens is 186 g/mol. The van der Waals surface area contributed by atoms with Crippen molar-refractivity contribution < 1.29 is 0 Å². The van der Waals surface area contributed by atoms with Gasteiger partial charge >= 0.3 is 0 Å². The molecule has 15 heavy (non-hydrogen) atoms. The number of hydrogen-bond acceptors (Lipinski definition) is 3. The van der Waals surface area contributed by atoms with Crippen LogP contribution in [0.25, 0.3) is 0 Å². The fourth-order valence-electron chi connectivity index (χ4n) is 1.78. The summed E-state index contributed by atoms with van der Waals surface area (Å²) >= 11 is 0. The molecular formula is C12H23N3. The maximum Gasteiger partial charge on any atom is 0.0940 e. The standard InChI is InChI=1S/C12H23N3/c1-10(13)6-2-3-7-11-8-4-5-9-12(14)15-11/h2-3,10-11H,4-9,13H2,1H3,(H2,14,15)/b3-2+. The van der Waals surface area contributed by atoms with E-state index in [-0.39, 0.29) is 6.04 Å². The number of amidine groups is 1. The van der Waals surface area contributed by atoms with E-state index in [0.717, 1.165) is 25.1 Å². The molecule has 0 aromatic carbocycles. The van der Waals surface area contributed by atoms with E-state index in [4.69, 9.17) is 11.5 Å². The maximum absolute atomic E-state index is 5.78. The van der Waals surface area contributed by atoms with Gasteiger partial charge in [-0.15, -0.1) is 0 Å². The Morgan fingerprint density at radius 3 is 3.00 bits per heavy atom. The largest absolute Gasteiger partial charge is 0.387 e. The van der Waals surface area contributed by atoms with Gasteiger partial charge in [0.1, 0.15) is 0 Å². The molecule has 0 aromatic rings. The molecule has 1 heterocycles. The summed E-state index contributed by atoms with van der Waals surface area (Å²) in [6, 6.07) is 0.654. The first-order valence-corrected chi connectivity index (χ1v) is 5.91. The van der Waals surface area contributed by atoms with Crippen LogP contribution in [-0.4, -0.2) is 17.9 Å². The highest BCUT2D eigenvalue weighted by Gasteiger charge is 2.09. The van der Waals surface area contributed by atoms with Gasteiger partial charge in [0.05, 0.1) is 11.9 Å². The highest BCUT2D eigenvalue weighted by atomic mass is 14.9. The summed E-state index contributed by atoms with van der Waals surface area (Å²) in [4.78, 5) is 4.50. The van der Waals surface area contributed by atoms with Crippen LogP contribution < -0.4 is 11.5 Å². The lowest BCUT2D eigenvalue weighted by Crippen LogP contribution is -2.14. The number of hydrogen-bond donors (Lipinski definition) is 2. The lowest BCUT2D eigenvalue weighted by molar-refractivity contribution is 0.595. The van der Waals surface area contributed by atoms with Gasteiger partial charge in [-0.3, -0.25) is 4.99 Å². The highest BCUT2D eigenvalue weighted by Crippen LogP contribution is 2.15. The normalized spacial score (nSPS) is 24.9. The van der Waals surface area contributed by atoms with E-state index in [1.165, 1.54) is 19.3 Å². The maximum atomic E-state index is 5.78. The molecule has 0 amide bonds. The lowest BCUT2D eigenvalue weighted by atomic mass is 10.1. The van der Waals surface area contributed by atoms with E-state index in [1.807, 2.05) is 6.92 Å². The van der Waals surface area contributed by atoms with Gasteiger partial charge in [0.15, 0.2) is 0 Å². The smallest absolute Gasteiger partial charge is 0.0940 e. The fraction of sp³-hybridized carbons (Fsp3) is 0.750. The van der Waals surface area contributed by atoms with Crippen LogP contribution >= 0.6 is 0 Å². The summed E-state index contributed by atoms with van der Waals surface area (Å²) in [6.07, 6.45) is 10.9. The Labute approximate surface area is 92.6 Å². The average Bonchev–Trinajstić information content (AvgIpc) is 2.37. The fourth-order valence-corrected chi connectivity index (χ4v) is 1.78. The Bertz CT molecular complexity index is 231. The predicted octanol–water partition coefficient (Wildman–Crippen LogP) is 1.97. The average molecular weight is 209 g/mol. The quantitative estimate of drug-likeness (QED) is 0.695. The van der Waals surface area contributed by atoms with Gasteiger partial charge < -0.3 is 11.5 Å². The Kier molecular flexibility index (Phi) is 5.40. The van der Waals surface area contributed by atoms with Crippen LogP contribution in [0.15, 0.2) is 17.1 Å². The van der Waals surface area contributed by atoms with E-state index in [9.17, 15) is 0 Å². The molecule has 0 saturated carbocycles. The van der Waals surface area contributed by atoms with Gasteiger partial charge in [0.2, 0.25) is 0 Å². The molecule has 4 N–H and O–H groups in total. The number of nitrogens with two attached hydrogens (primary N) is 2. The molecule has 86 valence electrons. The lowest BCUT2D eigenvalue weighted by Gasteiger charge is -2.07. The van der Waals surface area contributed by atoms with Crippen LogP contribution in [0, 0.1) is 0 Å². The van der Waals surface area contributed by atoms with E-state index in [2.05, 4.69) is 17.1 Å². The number of rotatable bonds is 4. The summed E-state index contributed by atoms with van der Waals surface area (Å²) in [6.45, 7) is 2.02. The number of nitrogens with zero attached hydrogens (tertiary/aromatic N) is 1. The molecule has 3 nitrogen and oxygen atoms in total. The van der Waals surface area contributed by atoms with Crippen LogP contribution in [-0.2, 0) is 0 Å². The Hall–Kier alpha value is -0.830. The Morgan fingerprint density at radius 2 is 2.27 bits per heavy atom. The molecule has 0 spiro atoms. The van der Waals surface area contributed by atoms with Crippen LogP contribution in [0.2, 0.25) is 0 Å². The second-order valence-corrected chi connectivity index (χ2v) is 4.44. The molecule has 0 fully saturated rings. The third kappa shape index (κ3) is 5.57. The zero-order chi connectivity index (χ0) is 11.1. The van der Waals surface area contributed by atoms with E-state index < -0.39 is 0 Å². The monoisotopic (exact) mass is 209 g/mol. The van der Waals surface area contributed by atoms with Gasteiger partial charge in [-0.2, -0.15) is 0 Å². The predicted molar refractivity (Wildman–Crippen MR) is 65.9 cm³/mol. The van der Waals surface area contributed by atoms with Crippen LogP contribution in [0.1, 0.15) is 45.4 Å². The van der Waals surface area contributed by atoms with Crippen molar-refractivity contribution in [1.29, 1.82) is 0 Å². The van der Waals surface area contributed by atoms with Crippen LogP contribution in [0.3, 0.4) is 0 Å². The molecule has 1 aliphatic rings. The summed E-state index contributed by atoms with van der Waals surface area (Å²) in [5, 5.41) is 0. The third-order valence-corrected chi connectivity index (χ3v) is 2.65. The summed E-state index contributed by atoms with van der Waals surface area (Å²) in [5.41, 5.74) is 11.4. The van der Waals surface area contributed by atoms with Crippen molar-refractivity contribution in [3.63, 3.8) is 0 Å². The molecule has 2 atom stereocenters. The Balaban J connectivity index is 2.30. The van der Waals surface area contributed by atoms with Crippen molar-refractivity contribution in [2.75, 3.05) is 0 Å². The first kappa shape index (κ1) is 12.2. The van der Waals surface area contributed by atoms with Crippen LogP contribution in [0.4, 0.5) is 0 Å². The van der Waals surface area contributed by atoms with E-state index in [0.29, 0.717) is 6.04 Å². The van der Waals surface area contributed by atoms with Crippen LogP contribution in [0.5, 0.6) is 0 Å². The topological polar surface area (TPSA) is 64.4 Å². The molecule has 0 aliphatic carbocycles. The van der Waals surface area contributed by atoms with E-state index in [1.54, 1.807) is 0 Å². The first-order valence-electron chi connectivity index (χ1n) is 5.91. The highest BCUT2D eigenvalue weighted by molar-refractivity contribution is 5.80. The van der Waals surface area contributed by atoms with Crippen molar-refractivity contribution >= 4 is 5.84 Å². The molecule has 0 aromatic heterocycles. The minimum Gasteiger partial charge on any atom is -0.387 e. The van der Waals surface area contributed by atoms with Gasteiger partial charge in [-0.05, 0) is 32.6 Å². The van der Waals surface area contributed by atoms with Gasteiger partial charge in [-0.1, -0.05) is 18.6 Å². The van der Waals surface area contributed by atoms with Gasteiger partial charge in [0.25, 0.3) is 0 Å². The Morgan fingerprint density at radius 1 is 1.47 bits per heavy atom. The SMILES string of the molecule is CC(N)C/C=C/CC1CCCCC(N)=N1. The summed E-state index contributed by atoms with van der Waals surface area (Å²) in [5.74, 6) is 0.832. The second-order valence-electron chi connectivity index (χ2n) is 4.44. The van der Waals surface area contributed by atoms with E-state index >= 15 is 0 Å². The molecule has 0 radical (unpaired) electrons. The molecule has 0 bridgehead atoms.